The van der Waals surface area contributed by atoms with Crippen LogP contribution in [0.25, 0.3) is 0 Å². The average Bonchev–Trinajstić information content (AvgIpc) is 2.52. The van der Waals surface area contributed by atoms with E-state index in [9.17, 15) is 14.7 Å². The number of carbonyl (C=O) groups excluding carboxylic acids is 2. The molecule has 0 radical (unpaired) electrons. The fourth-order valence-corrected chi connectivity index (χ4v) is 3.02. The van der Waals surface area contributed by atoms with Crippen molar-refractivity contribution in [2.24, 2.45) is 5.92 Å². The SMILES string of the molecule is Cc1cccc(C(C)(C)C)c1OCC(=O)N1CCC(C(=O)[O-])CC1. The zero-order chi connectivity index (χ0) is 17.9. The summed E-state index contributed by atoms with van der Waals surface area (Å²) in [7, 11) is 0. The molecule has 132 valence electrons. The van der Waals surface area contributed by atoms with Crippen LogP contribution in [0, 0.1) is 12.8 Å². The van der Waals surface area contributed by atoms with E-state index in [4.69, 9.17) is 4.74 Å². The lowest BCUT2D eigenvalue weighted by molar-refractivity contribution is -0.312. The maximum Gasteiger partial charge on any atom is 0.260 e. The molecule has 2 rings (SSSR count). The van der Waals surface area contributed by atoms with Gasteiger partial charge in [-0.1, -0.05) is 39.0 Å². The van der Waals surface area contributed by atoms with Crippen LogP contribution in [0.1, 0.15) is 44.7 Å². The van der Waals surface area contributed by atoms with Crippen molar-refractivity contribution in [3.05, 3.63) is 29.3 Å². The Bertz CT molecular complexity index is 610. The minimum atomic E-state index is -1.02. The predicted octanol–water partition coefficient (Wildman–Crippen LogP) is 1.66. The van der Waals surface area contributed by atoms with E-state index in [1.165, 1.54) is 0 Å². The second-order valence-electron chi connectivity index (χ2n) is 7.46. The summed E-state index contributed by atoms with van der Waals surface area (Å²) >= 11 is 0. The number of aryl methyl sites for hydroxylation is 1. The Morgan fingerprint density at radius 1 is 1.25 bits per heavy atom. The summed E-state index contributed by atoms with van der Waals surface area (Å²) in [5.41, 5.74) is 2.01. The first kappa shape index (κ1) is 18.3. The zero-order valence-electron chi connectivity index (χ0n) is 14.9. The van der Waals surface area contributed by atoms with Gasteiger partial charge in [-0.15, -0.1) is 0 Å². The zero-order valence-corrected chi connectivity index (χ0v) is 14.9. The van der Waals surface area contributed by atoms with Crippen LogP contribution >= 0.6 is 0 Å². The Labute approximate surface area is 143 Å². The van der Waals surface area contributed by atoms with Crippen molar-refractivity contribution in [1.29, 1.82) is 0 Å². The van der Waals surface area contributed by atoms with Gasteiger partial charge < -0.3 is 19.5 Å². The lowest BCUT2D eigenvalue weighted by Gasteiger charge is -2.32. The van der Waals surface area contributed by atoms with Crippen LogP contribution in [0.15, 0.2) is 18.2 Å². The van der Waals surface area contributed by atoms with Gasteiger partial charge in [0.2, 0.25) is 0 Å². The highest BCUT2D eigenvalue weighted by Gasteiger charge is 2.25. The van der Waals surface area contributed by atoms with Gasteiger partial charge in [0.25, 0.3) is 5.91 Å². The van der Waals surface area contributed by atoms with E-state index >= 15 is 0 Å². The highest BCUT2D eigenvalue weighted by atomic mass is 16.5. The Kier molecular flexibility index (Phi) is 5.52. The fourth-order valence-electron chi connectivity index (χ4n) is 3.02. The van der Waals surface area contributed by atoms with Crippen LogP contribution < -0.4 is 9.84 Å². The molecule has 1 amide bonds. The van der Waals surface area contributed by atoms with Gasteiger partial charge in [-0.2, -0.15) is 0 Å². The number of hydrogen-bond acceptors (Lipinski definition) is 4. The topological polar surface area (TPSA) is 69.7 Å². The molecule has 1 aliphatic heterocycles. The second-order valence-corrected chi connectivity index (χ2v) is 7.46. The molecule has 1 aromatic carbocycles. The van der Waals surface area contributed by atoms with Crippen LogP contribution in [0.4, 0.5) is 0 Å². The number of hydrogen-bond donors (Lipinski definition) is 0. The quantitative estimate of drug-likeness (QED) is 0.841. The maximum atomic E-state index is 12.4. The van der Waals surface area contributed by atoms with E-state index in [2.05, 4.69) is 20.8 Å². The van der Waals surface area contributed by atoms with E-state index in [0.29, 0.717) is 25.9 Å². The largest absolute Gasteiger partial charge is 0.550 e. The van der Waals surface area contributed by atoms with Gasteiger partial charge in [0.05, 0.1) is 0 Å². The monoisotopic (exact) mass is 332 g/mol. The smallest absolute Gasteiger partial charge is 0.260 e. The molecule has 1 heterocycles. The molecular weight excluding hydrogens is 306 g/mol. The van der Waals surface area contributed by atoms with Gasteiger partial charge in [-0.3, -0.25) is 4.79 Å². The number of nitrogens with zero attached hydrogens (tertiary/aromatic N) is 1. The van der Waals surface area contributed by atoms with E-state index in [-0.39, 0.29) is 17.9 Å². The van der Waals surface area contributed by atoms with E-state index in [0.717, 1.165) is 16.9 Å². The van der Waals surface area contributed by atoms with Crippen molar-refractivity contribution in [3.8, 4) is 5.75 Å². The molecule has 24 heavy (non-hydrogen) atoms. The molecule has 0 unspecified atom stereocenters. The molecule has 0 atom stereocenters. The van der Waals surface area contributed by atoms with Gasteiger partial charge in [0.15, 0.2) is 6.61 Å². The first-order valence-electron chi connectivity index (χ1n) is 8.41. The van der Waals surface area contributed by atoms with Crippen LogP contribution in [0.3, 0.4) is 0 Å². The number of piperidine rings is 1. The van der Waals surface area contributed by atoms with Crippen LogP contribution in [0.2, 0.25) is 0 Å². The van der Waals surface area contributed by atoms with Crippen LogP contribution in [-0.4, -0.2) is 36.5 Å². The summed E-state index contributed by atoms with van der Waals surface area (Å²) in [5, 5.41) is 10.9. The summed E-state index contributed by atoms with van der Waals surface area (Å²) in [4.78, 5) is 24.9. The highest BCUT2D eigenvalue weighted by Crippen LogP contribution is 2.33. The molecule has 1 aromatic rings. The number of carboxylic acid groups (broad SMARTS) is 1. The van der Waals surface area contributed by atoms with E-state index in [1.807, 2.05) is 25.1 Å². The minimum absolute atomic E-state index is 0.0239. The standard InChI is InChI=1S/C19H27NO4/c1-13-6-5-7-15(19(2,3)4)17(13)24-12-16(21)20-10-8-14(9-11-20)18(22)23/h5-7,14H,8-12H2,1-4H3,(H,22,23)/p-1. The average molecular weight is 332 g/mol. The molecule has 0 spiro atoms. The van der Waals surface area contributed by atoms with Crippen molar-refractivity contribution in [2.45, 2.75) is 46.0 Å². The number of ether oxygens (including phenoxy) is 1. The minimum Gasteiger partial charge on any atom is -0.550 e. The van der Waals surface area contributed by atoms with Crippen molar-refractivity contribution >= 4 is 11.9 Å². The Balaban J connectivity index is 1.99. The number of benzene rings is 1. The predicted molar refractivity (Wildman–Crippen MR) is 89.7 cm³/mol. The van der Waals surface area contributed by atoms with Gasteiger partial charge in [0.1, 0.15) is 5.75 Å². The van der Waals surface area contributed by atoms with Crippen LogP contribution in [0.5, 0.6) is 5.75 Å². The third-order valence-electron chi connectivity index (χ3n) is 4.54. The third kappa shape index (κ3) is 4.28. The van der Waals surface area contributed by atoms with E-state index in [1.54, 1.807) is 4.90 Å². The molecule has 0 aromatic heterocycles. The maximum absolute atomic E-state index is 12.4. The van der Waals surface area contributed by atoms with Crippen molar-refractivity contribution in [1.82, 2.24) is 4.90 Å². The first-order valence-corrected chi connectivity index (χ1v) is 8.41. The number of para-hydroxylation sites is 1. The first-order chi connectivity index (χ1) is 11.2. The molecule has 1 aliphatic rings. The third-order valence-corrected chi connectivity index (χ3v) is 4.54. The Hall–Kier alpha value is -2.04. The molecule has 0 N–H and O–H groups in total. The number of aliphatic carboxylic acids is 1. The number of amides is 1. The highest BCUT2D eigenvalue weighted by molar-refractivity contribution is 5.78. The second kappa shape index (κ2) is 7.24. The summed E-state index contributed by atoms with van der Waals surface area (Å²) in [6, 6.07) is 5.99. The number of likely N-dealkylation sites (tertiary alicyclic amines) is 1. The molecule has 0 aliphatic carbocycles. The fraction of sp³-hybridized carbons (Fsp3) is 0.579. The number of carboxylic acids is 1. The summed E-state index contributed by atoms with van der Waals surface area (Å²) in [6.07, 6.45) is 0.900. The summed E-state index contributed by atoms with van der Waals surface area (Å²) in [5.74, 6) is -0.801. The molecule has 5 heteroatoms. The van der Waals surface area contributed by atoms with Gasteiger partial charge in [-0.25, -0.2) is 0 Å². The van der Waals surface area contributed by atoms with E-state index < -0.39 is 11.9 Å². The lowest BCUT2D eigenvalue weighted by atomic mass is 9.85. The van der Waals surface area contributed by atoms with Crippen LogP contribution in [-0.2, 0) is 15.0 Å². The van der Waals surface area contributed by atoms with Gasteiger partial charge in [0, 0.05) is 25.0 Å². The van der Waals surface area contributed by atoms with Crippen molar-refractivity contribution < 1.29 is 19.4 Å². The molecule has 0 bridgehead atoms. The summed E-state index contributed by atoms with van der Waals surface area (Å²) < 4.78 is 5.86. The lowest BCUT2D eigenvalue weighted by Crippen LogP contribution is -2.45. The molecule has 0 saturated carbocycles. The van der Waals surface area contributed by atoms with Gasteiger partial charge >= 0.3 is 0 Å². The molecule has 5 nitrogen and oxygen atoms in total. The number of carbonyl (C=O) groups is 2. The Morgan fingerprint density at radius 3 is 2.42 bits per heavy atom. The molecular formula is C19H26NO4-. The van der Waals surface area contributed by atoms with Gasteiger partial charge in [-0.05, 0) is 36.3 Å². The van der Waals surface area contributed by atoms with Crippen molar-refractivity contribution in [2.75, 3.05) is 19.7 Å². The molecule has 1 saturated heterocycles. The Morgan fingerprint density at radius 2 is 1.88 bits per heavy atom. The molecule has 1 fully saturated rings. The van der Waals surface area contributed by atoms with Crippen molar-refractivity contribution in [3.63, 3.8) is 0 Å². The summed E-state index contributed by atoms with van der Waals surface area (Å²) in [6.45, 7) is 9.18. The number of rotatable bonds is 4. The normalized spacial score (nSPS) is 16.1.